The van der Waals surface area contributed by atoms with Crippen LogP contribution in [0.1, 0.15) is 0 Å². The molecule has 0 radical (unpaired) electrons. The molecule has 0 amide bonds. The van der Waals surface area contributed by atoms with E-state index in [-0.39, 0.29) is 0 Å². The van der Waals surface area contributed by atoms with E-state index in [1.807, 2.05) is 6.55 Å². The van der Waals surface area contributed by atoms with E-state index in [1.165, 1.54) is 0 Å². The smallest absolute Gasteiger partial charge is 0.377 e. The molecular formula is C8H24O6Si2. The second-order valence-electron chi connectivity index (χ2n) is 2.95. The summed E-state index contributed by atoms with van der Waals surface area (Å²) in [6, 6.07) is 0. The van der Waals surface area contributed by atoms with Crippen molar-refractivity contribution in [3.8, 4) is 0 Å². The summed E-state index contributed by atoms with van der Waals surface area (Å²) in [7, 11) is 7.95. The summed E-state index contributed by atoms with van der Waals surface area (Å²) in [4.78, 5) is 0. The average molecular weight is 272 g/mol. The first kappa shape index (κ1) is 18.6. The average Bonchev–Trinajstić information content (AvgIpc) is 2.37. The molecule has 8 heteroatoms. The van der Waals surface area contributed by atoms with Crippen LogP contribution >= 0.6 is 0 Å². The maximum Gasteiger partial charge on any atom is 0.496 e. The highest BCUT2D eigenvalue weighted by Crippen LogP contribution is 2.03. The molecule has 0 saturated carbocycles. The number of ether oxygens (including phenoxy) is 3. The monoisotopic (exact) mass is 272 g/mol. The summed E-state index contributed by atoms with van der Waals surface area (Å²) >= 11 is 0. The van der Waals surface area contributed by atoms with Crippen LogP contribution in [-0.2, 0) is 27.5 Å². The highest BCUT2D eigenvalue weighted by molar-refractivity contribution is 6.58. The molecule has 0 aromatic heterocycles. The maximum atomic E-state index is 4.93. The van der Waals surface area contributed by atoms with Gasteiger partial charge in [0, 0.05) is 49.2 Å². The largest absolute Gasteiger partial charge is 0.496 e. The number of hydrogen-bond donors (Lipinski definition) is 0. The third-order valence-electron chi connectivity index (χ3n) is 2.22. The molecule has 0 N–H and O–H groups in total. The molecule has 0 bridgehead atoms. The van der Waals surface area contributed by atoms with Gasteiger partial charge in [0.05, 0.1) is 0 Å². The van der Waals surface area contributed by atoms with Crippen LogP contribution in [0.15, 0.2) is 0 Å². The van der Waals surface area contributed by atoms with Gasteiger partial charge in [0.2, 0.25) is 5.60 Å². The fourth-order valence-electron chi connectivity index (χ4n) is 0.500. The van der Waals surface area contributed by atoms with Crippen molar-refractivity contribution in [3.63, 3.8) is 0 Å². The Labute approximate surface area is 102 Å². The maximum absolute atomic E-state index is 4.93. The summed E-state index contributed by atoms with van der Waals surface area (Å²) < 4.78 is 29.4. The zero-order chi connectivity index (χ0) is 13.2. The molecule has 16 heavy (non-hydrogen) atoms. The van der Waals surface area contributed by atoms with Crippen molar-refractivity contribution < 1.29 is 27.5 Å². The Hall–Kier alpha value is 0.194. The normalized spacial score (nSPS) is 12.2. The van der Waals surface area contributed by atoms with Crippen molar-refractivity contribution >= 4 is 19.0 Å². The second-order valence-corrected chi connectivity index (χ2v) is 7.12. The van der Waals surface area contributed by atoms with Crippen molar-refractivity contribution in [2.24, 2.45) is 0 Å². The molecule has 0 fully saturated rings. The molecule has 0 saturated heterocycles. The molecule has 6 nitrogen and oxygen atoms in total. The number of hydrogen-bond acceptors (Lipinski definition) is 6. The Balaban J connectivity index is 0. The first-order valence-corrected chi connectivity index (χ1v) is 7.90. The van der Waals surface area contributed by atoms with E-state index >= 15 is 0 Å². The Morgan fingerprint density at radius 3 is 1.00 bits per heavy atom. The third-order valence-corrected chi connectivity index (χ3v) is 5.67. The van der Waals surface area contributed by atoms with E-state index in [0.717, 1.165) is 0 Å². The minimum Gasteiger partial charge on any atom is -0.377 e. The lowest BCUT2D eigenvalue weighted by Gasteiger charge is -2.23. The molecule has 0 aliphatic rings. The fourth-order valence-corrected chi connectivity index (χ4v) is 1.00. The lowest BCUT2D eigenvalue weighted by atomic mass is 11.1. The molecule has 100 valence electrons. The van der Waals surface area contributed by atoms with Gasteiger partial charge in [-0.25, -0.2) is 0 Å². The van der Waals surface area contributed by atoms with Crippen LogP contribution < -0.4 is 0 Å². The van der Waals surface area contributed by atoms with E-state index < -0.39 is 14.4 Å². The Bertz CT molecular complexity index is 126. The molecular weight excluding hydrogens is 248 g/mol. The molecule has 0 rings (SSSR count). The zero-order valence-electron chi connectivity index (χ0n) is 11.4. The number of methoxy groups -OCH3 is 3. The minimum absolute atomic E-state index is 0.704. The van der Waals surface area contributed by atoms with Gasteiger partial charge in [-0.15, -0.1) is 0 Å². The Morgan fingerprint density at radius 2 is 1.00 bits per heavy atom. The van der Waals surface area contributed by atoms with E-state index in [0.29, 0.717) is 10.2 Å². The molecule has 0 unspecified atom stereocenters. The first-order chi connectivity index (χ1) is 7.36. The topological polar surface area (TPSA) is 55.4 Å². The zero-order valence-corrected chi connectivity index (χ0v) is 14.4. The number of rotatable bonds is 6. The van der Waals surface area contributed by atoms with Crippen LogP contribution in [0.3, 0.4) is 0 Å². The molecule has 0 aromatic carbocycles. The van der Waals surface area contributed by atoms with Crippen molar-refractivity contribution in [1.29, 1.82) is 0 Å². The quantitative estimate of drug-likeness (QED) is 0.475. The standard InChI is InChI=1S/2C4H12O3Si/c1-5-8(4,6-2)7-3;1-5-4(8,6-2)7-3/h1-4H3;1-3,8H3. The van der Waals surface area contributed by atoms with Gasteiger partial charge in [0.25, 0.3) is 0 Å². The van der Waals surface area contributed by atoms with Gasteiger partial charge in [0.15, 0.2) is 0 Å². The van der Waals surface area contributed by atoms with Gasteiger partial charge in [-0.1, -0.05) is 0 Å². The highest BCUT2D eigenvalue weighted by atomic mass is 28.4. The molecule has 0 aliphatic heterocycles. The van der Waals surface area contributed by atoms with Crippen LogP contribution in [-0.4, -0.2) is 67.3 Å². The summed E-state index contributed by atoms with van der Waals surface area (Å²) in [6.07, 6.45) is 0. The molecule has 0 atom stereocenters. The van der Waals surface area contributed by atoms with E-state index in [2.05, 4.69) is 0 Å². The first-order valence-electron chi connectivity index (χ1n) is 4.67. The van der Waals surface area contributed by atoms with Crippen molar-refractivity contribution in [3.05, 3.63) is 0 Å². The van der Waals surface area contributed by atoms with Gasteiger partial charge in [-0.3, -0.25) is 0 Å². The van der Waals surface area contributed by atoms with Gasteiger partial charge < -0.3 is 27.5 Å². The minimum atomic E-state index is -2.17. The van der Waals surface area contributed by atoms with Crippen LogP contribution in [0.4, 0.5) is 0 Å². The molecule has 0 heterocycles. The SMILES string of the molecule is COC([SiH3])(OC)OC.CO[Si](C)(OC)OC. The van der Waals surface area contributed by atoms with Crippen LogP contribution in [0.5, 0.6) is 0 Å². The Kier molecular flexibility index (Phi) is 10.7. The van der Waals surface area contributed by atoms with Crippen LogP contribution in [0.25, 0.3) is 0 Å². The van der Waals surface area contributed by atoms with E-state index in [4.69, 9.17) is 27.5 Å². The molecule has 0 aliphatic carbocycles. The van der Waals surface area contributed by atoms with Crippen molar-refractivity contribution in [1.82, 2.24) is 0 Å². The summed E-state index contributed by atoms with van der Waals surface area (Å²) in [5.74, 6) is 0. The predicted molar refractivity (Wildman–Crippen MR) is 66.3 cm³/mol. The molecule has 0 aromatic rings. The highest BCUT2D eigenvalue weighted by Gasteiger charge is 2.29. The summed E-state index contributed by atoms with van der Waals surface area (Å²) in [6.45, 7) is 1.83. The van der Waals surface area contributed by atoms with E-state index in [9.17, 15) is 0 Å². The van der Waals surface area contributed by atoms with Crippen molar-refractivity contribution in [2.75, 3.05) is 42.7 Å². The Morgan fingerprint density at radius 1 is 0.750 bits per heavy atom. The van der Waals surface area contributed by atoms with Gasteiger partial charge in [-0.05, 0) is 0 Å². The lowest BCUT2D eigenvalue weighted by Crippen LogP contribution is -2.38. The summed E-state index contributed by atoms with van der Waals surface area (Å²) in [5, 5.41) is 0. The fraction of sp³-hybridized carbons (Fsp3) is 1.00. The third kappa shape index (κ3) is 7.46. The molecule has 0 spiro atoms. The van der Waals surface area contributed by atoms with Gasteiger partial charge >= 0.3 is 8.80 Å². The predicted octanol–water partition coefficient (Wildman–Crippen LogP) is -0.603. The van der Waals surface area contributed by atoms with E-state index in [1.54, 1.807) is 42.7 Å². The van der Waals surface area contributed by atoms with Gasteiger partial charge in [-0.2, -0.15) is 0 Å². The second kappa shape index (κ2) is 9.25. The van der Waals surface area contributed by atoms with Crippen molar-refractivity contribution in [2.45, 2.75) is 12.1 Å². The van der Waals surface area contributed by atoms with Gasteiger partial charge in [0.1, 0.15) is 10.2 Å². The lowest BCUT2D eigenvalue weighted by molar-refractivity contribution is -0.292. The summed E-state index contributed by atoms with van der Waals surface area (Å²) in [5.41, 5.74) is -0.736. The van der Waals surface area contributed by atoms with Crippen LogP contribution in [0.2, 0.25) is 6.55 Å². The van der Waals surface area contributed by atoms with Crippen LogP contribution in [0, 0.1) is 0 Å².